The van der Waals surface area contributed by atoms with Gasteiger partial charge in [0, 0.05) is 35.4 Å². The van der Waals surface area contributed by atoms with Gasteiger partial charge in [-0.1, -0.05) is 6.42 Å². The molecule has 38 heavy (non-hydrogen) atoms. The summed E-state index contributed by atoms with van der Waals surface area (Å²) >= 11 is 0. The van der Waals surface area contributed by atoms with Crippen LogP contribution in [0.5, 0.6) is 0 Å². The second kappa shape index (κ2) is 10.2. The van der Waals surface area contributed by atoms with E-state index in [0.29, 0.717) is 23.5 Å². The van der Waals surface area contributed by atoms with Gasteiger partial charge in [0.2, 0.25) is 5.91 Å². The molecule has 2 aromatic heterocycles. The number of carbonyl (C=O) groups excluding carboxylic acids is 1. The van der Waals surface area contributed by atoms with E-state index >= 15 is 0 Å². The van der Waals surface area contributed by atoms with Crippen molar-refractivity contribution in [3.05, 3.63) is 91.0 Å². The van der Waals surface area contributed by atoms with Crippen LogP contribution in [0.1, 0.15) is 19.3 Å². The number of amides is 1. The fraction of sp³-hybridized carbons (Fsp3) is 0.207. The molecule has 0 radical (unpaired) electrons. The van der Waals surface area contributed by atoms with E-state index < -0.39 is 11.6 Å². The molecule has 0 spiro atoms. The lowest BCUT2D eigenvalue weighted by molar-refractivity contribution is -0.117. The number of benzene rings is 3. The average Bonchev–Trinajstić information content (AvgIpc) is 3.59. The molecule has 7 nitrogen and oxygen atoms in total. The van der Waals surface area contributed by atoms with E-state index in [1.165, 1.54) is 18.6 Å². The van der Waals surface area contributed by atoms with Crippen molar-refractivity contribution in [2.24, 2.45) is 0 Å². The van der Waals surface area contributed by atoms with Crippen molar-refractivity contribution in [1.82, 2.24) is 24.2 Å². The molecule has 0 atom stereocenters. The second-order valence-electron chi connectivity index (χ2n) is 9.52. The maximum Gasteiger partial charge on any atom is 0.238 e. The van der Waals surface area contributed by atoms with Crippen LogP contribution in [0.4, 0.5) is 14.5 Å². The molecule has 0 aliphatic carbocycles. The number of halogens is 2. The van der Waals surface area contributed by atoms with Gasteiger partial charge in [0.05, 0.1) is 23.3 Å². The van der Waals surface area contributed by atoms with Crippen molar-refractivity contribution >= 4 is 22.6 Å². The normalized spacial score (nSPS) is 14.2. The van der Waals surface area contributed by atoms with E-state index in [1.54, 1.807) is 29.3 Å². The highest BCUT2D eigenvalue weighted by Crippen LogP contribution is 2.31. The number of nitrogens with zero attached hydrogens (tertiary/aromatic N) is 5. The Kier molecular flexibility index (Phi) is 6.43. The molecule has 9 heteroatoms. The molecule has 1 amide bonds. The SMILES string of the molecule is O=C(CN1CCCCC1)Nc1cc(-c2ccc(F)cc2F)cc(-n2cnc3cc(-n4cccn4)ccc32)c1. The first-order valence-electron chi connectivity index (χ1n) is 12.6. The van der Waals surface area contributed by atoms with Crippen molar-refractivity contribution in [2.45, 2.75) is 19.3 Å². The molecule has 1 saturated heterocycles. The van der Waals surface area contributed by atoms with E-state index in [2.05, 4.69) is 20.3 Å². The molecule has 1 aliphatic heterocycles. The molecule has 5 aromatic rings. The van der Waals surface area contributed by atoms with Crippen molar-refractivity contribution < 1.29 is 13.6 Å². The summed E-state index contributed by atoms with van der Waals surface area (Å²) in [5.74, 6) is -1.45. The van der Waals surface area contributed by atoms with E-state index in [4.69, 9.17) is 0 Å². The van der Waals surface area contributed by atoms with Gasteiger partial charge in [-0.05, 0) is 86.1 Å². The fourth-order valence-electron chi connectivity index (χ4n) is 4.99. The zero-order valence-electron chi connectivity index (χ0n) is 20.6. The van der Waals surface area contributed by atoms with Crippen LogP contribution >= 0.6 is 0 Å². The molecule has 1 N–H and O–H groups in total. The number of carbonyl (C=O) groups is 1. The molecule has 3 heterocycles. The summed E-state index contributed by atoms with van der Waals surface area (Å²) < 4.78 is 32.1. The molecule has 0 bridgehead atoms. The van der Waals surface area contributed by atoms with Crippen molar-refractivity contribution in [3.8, 4) is 22.5 Å². The lowest BCUT2D eigenvalue weighted by Crippen LogP contribution is -2.36. The molecule has 192 valence electrons. The number of imidazole rings is 1. The lowest BCUT2D eigenvalue weighted by atomic mass is 10.0. The standard InChI is InChI=1S/C29H26F2N6O/c30-21-5-7-25(26(31)15-21)20-13-22(34-29(38)18-35-10-2-1-3-11-35)16-24(14-20)36-19-32-27-17-23(6-8-28(27)36)37-12-4-9-33-37/h4-9,12-17,19H,1-3,10-11,18H2,(H,34,38). The van der Waals surface area contributed by atoms with E-state index in [0.717, 1.165) is 48.7 Å². The number of aromatic nitrogens is 4. The van der Waals surface area contributed by atoms with Gasteiger partial charge in [-0.2, -0.15) is 5.10 Å². The Hall–Kier alpha value is -4.37. The van der Waals surface area contributed by atoms with Crippen LogP contribution in [0.25, 0.3) is 33.5 Å². The van der Waals surface area contributed by atoms with Crippen molar-refractivity contribution in [2.75, 3.05) is 25.0 Å². The smallest absolute Gasteiger partial charge is 0.238 e. The number of likely N-dealkylation sites (tertiary alicyclic amines) is 1. The Bertz CT molecular complexity index is 1610. The third-order valence-corrected chi connectivity index (χ3v) is 6.84. The van der Waals surface area contributed by atoms with Gasteiger partial charge in [0.1, 0.15) is 18.0 Å². The van der Waals surface area contributed by atoms with E-state index in [-0.39, 0.29) is 11.5 Å². The molecule has 3 aromatic carbocycles. The Labute approximate surface area is 218 Å². The topological polar surface area (TPSA) is 68.0 Å². The van der Waals surface area contributed by atoms with E-state index in [9.17, 15) is 13.6 Å². The van der Waals surface area contributed by atoms with Gasteiger partial charge >= 0.3 is 0 Å². The second-order valence-corrected chi connectivity index (χ2v) is 9.52. The Morgan fingerprint density at radius 1 is 0.947 bits per heavy atom. The molecular weight excluding hydrogens is 486 g/mol. The number of piperidine rings is 1. The summed E-state index contributed by atoms with van der Waals surface area (Å²) in [5, 5.41) is 7.26. The minimum absolute atomic E-state index is 0.131. The lowest BCUT2D eigenvalue weighted by Gasteiger charge is -2.25. The minimum Gasteiger partial charge on any atom is -0.325 e. The van der Waals surface area contributed by atoms with Crippen LogP contribution < -0.4 is 5.32 Å². The Morgan fingerprint density at radius 2 is 1.82 bits per heavy atom. The summed E-state index contributed by atoms with van der Waals surface area (Å²) in [6.45, 7) is 2.11. The van der Waals surface area contributed by atoms with Crippen molar-refractivity contribution in [3.63, 3.8) is 0 Å². The predicted octanol–water partition coefficient (Wildman–Crippen LogP) is 5.58. The maximum absolute atomic E-state index is 14.8. The zero-order valence-corrected chi connectivity index (χ0v) is 20.6. The number of rotatable bonds is 6. The molecule has 1 aliphatic rings. The van der Waals surface area contributed by atoms with Crippen LogP contribution in [-0.2, 0) is 4.79 Å². The molecular formula is C29H26F2N6O. The van der Waals surface area contributed by atoms with Gasteiger partial charge in [-0.15, -0.1) is 0 Å². The molecule has 6 rings (SSSR count). The first-order valence-corrected chi connectivity index (χ1v) is 12.6. The Morgan fingerprint density at radius 3 is 2.61 bits per heavy atom. The number of hydrogen-bond donors (Lipinski definition) is 1. The highest BCUT2D eigenvalue weighted by atomic mass is 19.1. The number of fused-ring (bicyclic) bond motifs is 1. The number of anilines is 1. The molecule has 1 fully saturated rings. The fourth-order valence-corrected chi connectivity index (χ4v) is 4.99. The van der Waals surface area contributed by atoms with Gasteiger partial charge < -0.3 is 5.32 Å². The summed E-state index contributed by atoms with van der Waals surface area (Å²) in [4.78, 5) is 19.6. The number of nitrogens with one attached hydrogen (secondary N) is 1. The maximum atomic E-state index is 14.8. The first kappa shape index (κ1) is 24.0. The third-order valence-electron chi connectivity index (χ3n) is 6.84. The minimum atomic E-state index is -0.674. The van der Waals surface area contributed by atoms with Crippen LogP contribution in [0.3, 0.4) is 0 Å². The quantitative estimate of drug-likeness (QED) is 0.323. The highest BCUT2D eigenvalue weighted by molar-refractivity contribution is 5.93. The Balaban J connectivity index is 1.38. The molecule has 0 saturated carbocycles. The van der Waals surface area contributed by atoms with Gasteiger partial charge in [0.25, 0.3) is 0 Å². The first-order chi connectivity index (χ1) is 18.5. The van der Waals surface area contributed by atoms with Crippen molar-refractivity contribution in [1.29, 1.82) is 0 Å². The summed E-state index contributed by atoms with van der Waals surface area (Å²) in [6, 6.07) is 16.5. The summed E-state index contributed by atoms with van der Waals surface area (Å²) in [7, 11) is 0. The highest BCUT2D eigenvalue weighted by Gasteiger charge is 2.16. The molecule has 0 unspecified atom stereocenters. The van der Waals surface area contributed by atoms with Crippen LogP contribution in [0.2, 0.25) is 0 Å². The van der Waals surface area contributed by atoms with Gasteiger partial charge in [0.15, 0.2) is 0 Å². The number of hydrogen-bond acceptors (Lipinski definition) is 4. The van der Waals surface area contributed by atoms with Crippen LogP contribution in [0, 0.1) is 11.6 Å². The van der Waals surface area contributed by atoms with Gasteiger partial charge in [-0.25, -0.2) is 18.4 Å². The summed E-state index contributed by atoms with van der Waals surface area (Å²) in [6.07, 6.45) is 8.63. The average molecular weight is 513 g/mol. The van der Waals surface area contributed by atoms with E-state index in [1.807, 2.05) is 41.1 Å². The summed E-state index contributed by atoms with van der Waals surface area (Å²) in [5.41, 5.74) is 4.44. The van der Waals surface area contributed by atoms with Crippen LogP contribution in [-0.4, -0.2) is 49.8 Å². The predicted molar refractivity (Wildman–Crippen MR) is 142 cm³/mol. The monoisotopic (exact) mass is 512 g/mol. The zero-order chi connectivity index (χ0) is 26.1. The van der Waals surface area contributed by atoms with Crippen LogP contribution in [0.15, 0.2) is 79.4 Å². The third kappa shape index (κ3) is 4.92. The van der Waals surface area contributed by atoms with Gasteiger partial charge in [-0.3, -0.25) is 14.3 Å². The largest absolute Gasteiger partial charge is 0.325 e.